The quantitative estimate of drug-likeness (QED) is 0.591. The van der Waals surface area contributed by atoms with Crippen LogP contribution in [0.2, 0.25) is 0 Å². The number of rotatable bonds is 4. The molecule has 0 aliphatic rings. The average molecular weight is 318 g/mol. The largest absolute Gasteiger partial charge is 0.575 e. The fraction of sp³-hybridized carbons (Fsp3) is 0.750. The maximum absolute atomic E-state index is 13.1. The predicted octanol–water partition coefficient (Wildman–Crippen LogP) is 2.77. The molecule has 0 aliphatic carbocycles. The molecule has 0 spiro atoms. The third-order valence-electron chi connectivity index (χ3n) is 1.80. The van der Waals surface area contributed by atoms with E-state index in [1.54, 1.807) is 0 Å². The molecule has 0 saturated carbocycles. The van der Waals surface area contributed by atoms with E-state index in [0.29, 0.717) is 6.92 Å². The van der Waals surface area contributed by atoms with Crippen LogP contribution in [0.15, 0.2) is 0 Å². The Morgan fingerprint density at radius 2 is 1.30 bits per heavy atom. The molecular weight excluding hydrogens is 312 g/mol. The van der Waals surface area contributed by atoms with Crippen molar-refractivity contribution in [2.45, 2.75) is 32.0 Å². The molecule has 0 heterocycles. The summed E-state index contributed by atoms with van der Waals surface area (Å²) in [4.78, 5) is 21.1. The zero-order valence-electron chi connectivity index (χ0n) is 9.44. The average Bonchev–Trinajstić information content (AvgIpc) is 2.10. The summed E-state index contributed by atoms with van der Waals surface area (Å²) < 4.78 is 101. The van der Waals surface area contributed by atoms with Gasteiger partial charge < -0.3 is 9.47 Å². The molecule has 0 rings (SSSR count). The Morgan fingerprint density at radius 3 is 1.65 bits per heavy atom. The lowest BCUT2D eigenvalue weighted by molar-refractivity contribution is -0.317. The van der Waals surface area contributed by atoms with Crippen LogP contribution in [0.4, 0.5) is 35.1 Å². The SMILES string of the molecule is CC(CC(=O)OC(F)(F)F)C(F)(F)C(=O)OC(F)(F)F. The fourth-order valence-corrected chi connectivity index (χ4v) is 0.923. The van der Waals surface area contributed by atoms with Crippen LogP contribution < -0.4 is 0 Å². The number of hydrogen-bond donors (Lipinski definition) is 0. The molecule has 20 heavy (non-hydrogen) atoms. The van der Waals surface area contributed by atoms with Crippen molar-refractivity contribution in [3.05, 3.63) is 0 Å². The van der Waals surface area contributed by atoms with Gasteiger partial charge in [-0.3, -0.25) is 4.79 Å². The van der Waals surface area contributed by atoms with E-state index < -0.39 is 42.9 Å². The van der Waals surface area contributed by atoms with Gasteiger partial charge in [-0.2, -0.15) is 8.78 Å². The van der Waals surface area contributed by atoms with Crippen molar-refractivity contribution in [2.75, 3.05) is 0 Å². The number of hydrogen-bond acceptors (Lipinski definition) is 4. The molecule has 0 aromatic heterocycles. The highest BCUT2D eigenvalue weighted by molar-refractivity contribution is 5.79. The molecule has 0 N–H and O–H groups in total. The summed E-state index contributed by atoms with van der Waals surface area (Å²) in [5.41, 5.74) is 0. The van der Waals surface area contributed by atoms with E-state index >= 15 is 0 Å². The summed E-state index contributed by atoms with van der Waals surface area (Å²) in [6.07, 6.45) is -12.8. The highest BCUT2D eigenvalue weighted by Crippen LogP contribution is 2.32. The first kappa shape index (κ1) is 18.4. The number of carbonyl (C=O) groups excluding carboxylic acids is 2. The van der Waals surface area contributed by atoms with Crippen LogP contribution in [-0.2, 0) is 19.1 Å². The molecule has 0 amide bonds. The Morgan fingerprint density at radius 1 is 0.900 bits per heavy atom. The summed E-state index contributed by atoms with van der Waals surface area (Å²) in [5.74, 6) is -12.5. The van der Waals surface area contributed by atoms with E-state index in [0.717, 1.165) is 0 Å². The molecule has 12 heteroatoms. The van der Waals surface area contributed by atoms with Gasteiger partial charge >= 0.3 is 30.6 Å². The van der Waals surface area contributed by atoms with Crippen molar-refractivity contribution < 1.29 is 54.2 Å². The summed E-state index contributed by atoms with van der Waals surface area (Å²) in [5, 5.41) is 0. The normalized spacial score (nSPS) is 14.7. The minimum Gasteiger partial charge on any atom is -0.373 e. The molecule has 0 saturated heterocycles. The van der Waals surface area contributed by atoms with E-state index in [1.165, 1.54) is 0 Å². The number of halogens is 8. The van der Waals surface area contributed by atoms with Crippen molar-refractivity contribution in [1.29, 1.82) is 0 Å². The molecule has 118 valence electrons. The van der Waals surface area contributed by atoms with E-state index in [4.69, 9.17) is 0 Å². The summed E-state index contributed by atoms with van der Waals surface area (Å²) in [6.45, 7) is 0.384. The molecule has 1 atom stereocenters. The third-order valence-corrected chi connectivity index (χ3v) is 1.80. The van der Waals surface area contributed by atoms with Crippen LogP contribution in [0.25, 0.3) is 0 Å². The van der Waals surface area contributed by atoms with Gasteiger partial charge in [0.05, 0.1) is 6.42 Å². The molecule has 0 fully saturated rings. The molecule has 4 nitrogen and oxygen atoms in total. The van der Waals surface area contributed by atoms with Gasteiger partial charge in [0.2, 0.25) is 0 Å². The van der Waals surface area contributed by atoms with Crippen molar-refractivity contribution in [3.8, 4) is 0 Å². The van der Waals surface area contributed by atoms with Crippen LogP contribution in [0, 0.1) is 5.92 Å². The van der Waals surface area contributed by atoms with Gasteiger partial charge in [0.15, 0.2) is 0 Å². The van der Waals surface area contributed by atoms with Crippen molar-refractivity contribution >= 4 is 11.9 Å². The smallest absolute Gasteiger partial charge is 0.373 e. The monoisotopic (exact) mass is 318 g/mol. The Bertz CT molecular complexity index is 372. The second-order valence-electron chi connectivity index (χ2n) is 3.48. The van der Waals surface area contributed by atoms with Crippen molar-refractivity contribution in [3.63, 3.8) is 0 Å². The van der Waals surface area contributed by atoms with E-state index in [2.05, 4.69) is 9.47 Å². The lowest BCUT2D eigenvalue weighted by Gasteiger charge is -2.21. The van der Waals surface area contributed by atoms with Gasteiger partial charge in [0.25, 0.3) is 0 Å². The standard InChI is InChI=1S/C8H6F8O4/c1-3(2-4(17)19-7(11,12)13)6(9,10)5(18)20-8(14,15)16/h3H,2H2,1H3. The second kappa shape index (κ2) is 5.79. The van der Waals surface area contributed by atoms with E-state index in [-0.39, 0.29) is 0 Å². The van der Waals surface area contributed by atoms with Crippen LogP contribution in [0.1, 0.15) is 13.3 Å². The van der Waals surface area contributed by atoms with Gasteiger partial charge in [-0.15, -0.1) is 26.3 Å². The first-order valence-electron chi connectivity index (χ1n) is 4.61. The molecule has 0 bridgehead atoms. The van der Waals surface area contributed by atoms with Gasteiger partial charge in [0.1, 0.15) is 0 Å². The summed E-state index contributed by atoms with van der Waals surface area (Å²) >= 11 is 0. The lowest BCUT2D eigenvalue weighted by Crippen LogP contribution is -2.41. The van der Waals surface area contributed by atoms with Gasteiger partial charge in [-0.05, 0) is 0 Å². The molecule has 0 radical (unpaired) electrons. The number of alkyl halides is 8. The van der Waals surface area contributed by atoms with Gasteiger partial charge in [-0.25, -0.2) is 4.79 Å². The topological polar surface area (TPSA) is 52.6 Å². The molecule has 0 aromatic rings. The Kier molecular flexibility index (Phi) is 5.32. The van der Waals surface area contributed by atoms with Gasteiger partial charge in [-0.1, -0.05) is 6.92 Å². The second-order valence-corrected chi connectivity index (χ2v) is 3.48. The highest BCUT2D eigenvalue weighted by Gasteiger charge is 2.52. The van der Waals surface area contributed by atoms with Crippen LogP contribution >= 0.6 is 0 Å². The molecule has 0 aliphatic heterocycles. The van der Waals surface area contributed by atoms with E-state index in [1.807, 2.05) is 0 Å². The number of esters is 2. The molecule has 1 unspecified atom stereocenters. The van der Waals surface area contributed by atoms with Crippen molar-refractivity contribution in [1.82, 2.24) is 0 Å². The fourth-order valence-electron chi connectivity index (χ4n) is 0.923. The number of ether oxygens (including phenoxy) is 2. The maximum Gasteiger partial charge on any atom is 0.575 e. The van der Waals surface area contributed by atoms with E-state index in [9.17, 15) is 44.7 Å². The summed E-state index contributed by atoms with van der Waals surface area (Å²) in [7, 11) is 0. The minimum atomic E-state index is -5.69. The third kappa shape index (κ3) is 6.52. The van der Waals surface area contributed by atoms with Crippen LogP contribution in [-0.4, -0.2) is 30.6 Å². The first-order chi connectivity index (χ1) is 8.65. The molecule has 0 aromatic carbocycles. The number of carbonyl (C=O) groups is 2. The summed E-state index contributed by atoms with van der Waals surface area (Å²) in [6, 6.07) is 0. The highest BCUT2D eigenvalue weighted by atomic mass is 19.4. The predicted molar refractivity (Wildman–Crippen MR) is 43.0 cm³/mol. The Hall–Kier alpha value is -1.62. The van der Waals surface area contributed by atoms with Gasteiger partial charge in [0, 0.05) is 5.92 Å². The zero-order chi connectivity index (χ0) is 16.4. The maximum atomic E-state index is 13.1. The zero-order valence-corrected chi connectivity index (χ0v) is 9.44. The molecular formula is C8H6F8O4. The Balaban J connectivity index is 4.70. The lowest BCUT2D eigenvalue weighted by atomic mass is 10.00. The van der Waals surface area contributed by atoms with Crippen LogP contribution in [0.5, 0.6) is 0 Å². The first-order valence-corrected chi connectivity index (χ1v) is 4.61. The Labute approximate surface area is 105 Å². The van der Waals surface area contributed by atoms with Crippen molar-refractivity contribution in [2.24, 2.45) is 5.92 Å². The van der Waals surface area contributed by atoms with Crippen LogP contribution in [0.3, 0.4) is 0 Å². The minimum absolute atomic E-state index is 0.384.